The van der Waals surface area contributed by atoms with E-state index in [4.69, 9.17) is 5.73 Å². The molecule has 0 radical (unpaired) electrons. The summed E-state index contributed by atoms with van der Waals surface area (Å²) in [5.74, 6) is 0.0656. The van der Waals surface area contributed by atoms with Crippen LogP contribution in [0.15, 0.2) is 18.2 Å². The Kier molecular flexibility index (Phi) is 4.97. The molecule has 1 aromatic rings. The average molecular weight is 236 g/mol. The molecule has 4 nitrogen and oxygen atoms in total. The standard InChI is InChI=1S/C13H20N2O2/c1-3-10(6-7-14)15-13(17)12-5-4-11(16)8-9(12)2/h4-5,8,10,16H,3,6-7,14H2,1-2H3,(H,15,17). The molecule has 1 aromatic carbocycles. The van der Waals surface area contributed by atoms with Crippen molar-refractivity contribution in [1.82, 2.24) is 5.32 Å². The van der Waals surface area contributed by atoms with Gasteiger partial charge in [0.05, 0.1) is 0 Å². The summed E-state index contributed by atoms with van der Waals surface area (Å²) in [6.45, 7) is 4.39. The van der Waals surface area contributed by atoms with Crippen molar-refractivity contribution in [3.8, 4) is 5.75 Å². The molecule has 1 unspecified atom stereocenters. The minimum Gasteiger partial charge on any atom is -0.508 e. The maximum atomic E-state index is 12.0. The first kappa shape index (κ1) is 13.5. The van der Waals surface area contributed by atoms with Crippen molar-refractivity contribution in [2.45, 2.75) is 32.7 Å². The zero-order chi connectivity index (χ0) is 12.8. The fourth-order valence-corrected chi connectivity index (χ4v) is 1.75. The Hall–Kier alpha value is -1.55. The molecule has 0 aliphatic heterocycles. The molecule has 0 spiro atoms. The lowest BCUT2D eigenvalue weighted by Crippen LogP contribution is -2.36. The molecule has 0 saturated carbocycles. The van der Waals surface area contributed by atoms with E-state index in [2.05, 4.69) is 5.32 Å². The van der Waals surface area contributed by atoms with Crippen LogP contribution >= 0.6 is 0 Å². The summed E-state index contributed by atoms with van der Waals surface area (Å²) in [6, 6.07) is 4.85. The minimum atomic E-state index is -0.109. The second kappa shape index (κ2) is 6.25. The van der Waals surface area contributed by atoms with E-state index in [0.717, 1.165) is 18.4 Å². The molecular formula is C13H20N2O2. The molecule has 0 aromatic heterocycles. The van der Waals surface area contributed by atoms with Crippen molar-refractivity contribution in [3.05, 3.63) is 29.3 Å². The third-order valence-electron chi connectivity index (χ3n) is 2.80. The number of hydrogen-bond acceptors (Lipinski definition) is 3. The summed E-state index contributed by atoms with van der Waals surface area (Å²) in [7, 11) is 0. The highest BCUT2D eigenvalue weighted by Crippen LogP contribution is 2.15. The average Bonchev–Trinajstić information content (AvgIpc) is 2.28. The molecule has 0 aliphatic rings. The van der Waals surface area contributed by atoms with Gasteiger partial charge in [-0.3, -0.25) is 4.79 Å². The van der Waals surface area contributed by atoms with Gasteiger partial charge in [0, 0.05) is 11.6 Å². The van der Waals surface area contributed by atoms with E-state index >= 15 is 0 Å². The number of phenols is 1. The molecule has 0 saturated heterocycles. The van der Waals surface area contributed by atoms with Gasteiger partial charge in [0.15, 0.2) is 0 Å². The smallest absolute Gasteiger partial charge is 0.251 e. The first-order valence-electron chi connectivity index (χ1n) is 5.89. The maximum Gasteiger partial charge on any atom is 0.251 e. The number of nitrogens with two attached hydrogens (primary N) is 1. The van der Waals surface area contributed by atoms with Crippen molar-refractivity contribution in [2.75, 3.05) is 6.54 Å². The van der Waals surface area contributed by atoms with E-state index < -0.39 is 0 Å². The minimum absolute atomic E-state index is 0.109. The lowest BCUT2D eigenvalue weighted by Gasteiger charge is -2.16. The van der Waals surface area contributed by atoms with E-state index in [0.29, 0.717) is 12.1 Å². The number of hydrogen-bond donors (Lipinski definition) is 3. The van der Waals surface area contributed by atoms with Gasteiger partial charge in [-0.25, -0.2) is 0 Å². The van der Waals surface area contributed by atoms with Gasteiger partial charge in [0.2, 0.25) is 0 Å². The fourth-order valence-electron chi connectivity index (χ4n) is 1.75. The number of benzene rings is 1. The van der Waals surface area contributed by atoms with Gasteiger partial charge in [-0.1, -0.05) is 6.92 Å². The second-order valence-corrected chi connectivity index (χ2v) is 4.16. The molecule has 1 rings (SSSR count). The van der Waals surface area contributed by atoms with E-state index in [9.17, 15) is 9.90 Å². The Balaban J connectivity index is 2.75. The van der Waals surface area contributed by atoms with Crippen molar-refractivity contribution in [1.29, 1.82) is 0 Å². The summed E-state index contributed by atoms with van der Waals surface area (Å²) in [4.78, 5) is 12.0. The predicted molar refractivity (Wildman–Crippen MR) is 68.1 cm³/mol. The molecule has 0 bridgehead atoms. The SMILES string of the molecule is CCC(CCN)NC(=O)c1ccc(O)cc1C. The third kappa shape index (κ3) is 3.75. The van der Waals surface area contributed by atoms with Crippen molar-refractivity contribution in [2.24, 2.45) is 5.73 Å². The number of carbonyl (C=O) groups excluding carboxylic acids is 1. The molecule has 4 heteroatoms. The number of rotatable bonds is 5. The van der Waals surface area contributed by atoms with Crippen LogP contribution in [0.2, 0.25) is 0 Å². The lowest BCUT2D eigenvalue weighted by atomic mass is 10.1. The zero-order valence-electron chi connectivity index (χ0n) is 10.4. The lowest BCUT2D eigenvalue weighted by molar-refractivity contribution is 0.0934. The van der Waals surface area contributed by atoms with Crippen LogP contribution in [0, 0.1) is 6.92 Å². The Labute approximate surface area is 102 Å². The number of carbonyl (C=O) groups is 1. The summed E-state index contributed by atoms with van der Waals surface area (Å²) in [5.41, 5.74) is 6.85. The predicted octanol–water partition coefficient (Wildman–Crippen LogP) is 1.56. The van der Waals surface area contributed by atoms with E-state index in [1.807, 2.05) is 6.92 Å². The van der Waals surface area contributed by atoms with E-state index in [1.165, 1.54) is 6.07 Å². The Morgan fingerprint density at radius 1 is 1.53 bits per heavy atom. The van der Waals surface area contributed by atoms with Crippen LogP contribution in [0.1, 0.15) is 35.7 Å². The molecule has 1 amide bonds. The quantitative estimate of drug-likeness (QED) is 0.726. The van der Waals surface area contributed by atoms with Crippen LogP contribution in [-0.2, 0) is 0 Å². The Bertz CT molecular complexity index is 391. The van der Waals surface area contributed by atoms with Crippen molar-refractivity contribution in [3.63, 3.8) is 0 Å². The molecule has 0 fully saturated rings. The van der Waals surface area contributed by atoms with Crippen LogP contribution in [0.25, 0.3) is 0 Å². The molecule has 1 atom stereocenters. The number of phenolic OH excluding ortho intramolecular Hbond substituents is 1. The van der Waals surface area contributed by atoms with Gasteiger partial charge < -0.3 is 16.2 Å². The molecular weight excluding hydrogens is 216 g/mol. The number of aryl methyl sites for hydroxylation is 1. The molecule has 17 heavy (non-hydrogen) atoms. The van der Waals surface area contributed by atoms with Crippen molar-refractivity contribution < 1.29 is 9.90 Å². The number of amides is 1. The zero-order valence-corrected chi connectivity index (χ0v) is 10.4. The van der Waals surface area contributed by atoms with E-state index in [1.54, 1.807) is 19.1 Å². The van der Waals surface area contributed by atoms with E-state index in [-0.39, 0.29) is 17.7 Å². The second-order valence-electron chi connectivity index (χ2n) is 4.16. The van der Waals surface area contributed by atoms with Crippen LogP contribution in [-0.4, -0.2) is 23.6 Å². The van der Waals surface area contributed by atoms with Crippen LogP contribution in [0.5, 0.6) is 5.75 Å². The van der Waals surface area contributed by atoms with Gasteiger partial charge in [0.1, 0.15) is 5.75 Å². The maximum absolute atomic E-state index is 12.0. The number of nitrogens with one attached hydrogen (secondary N) is 1. The van der Waals surface area contributed by atoms with Gasteiger partial charge in [-0.2, -0.15) is 0 Å². The van der Waals surface area contributed by atoms with Gasteiger partial charge in [-0.15, -0.1) is 0 Å². The van der Waals surface area contributed by atoms with Gasteiger partial charge in [0.25, 0.3) is 5.91 Å². The Morgan fingerprint density at radius 2 is 2.24 bits per heavy atom. The van der Waals surface area contributed by atoms with Crippen LogP contribution in [0.4, 0.5) is 0 Å². The first-order valence-corrected chi connectivity index (χ1v) is 5.89. The summed E-state index contributed by atoms with van der Waals surface area (Å²) in [5, 5.41) is 12.2. The monoisotopic (exact) mass is 236 g/mol. The van der Waals surface area contributed by atoms with Crippen molar-refractivity contribution >= 4 is 5.91 Å². The third-order valence-corrected chi connectivity index (χ3v) is 2.80. The molecule has 4 N–H and O–H groups in total. The highest BCUT2D eigenvalue weighted by atomic mass is 16.3. The highest BCUT2D eigenvalue weighted by molar-refractivity contribution is 5.95. The summed E-state index contributed by atoms with van der Waals surface area (Å²) >= 11 is 0. The fraction of sp³-hybridized carbons (Fsp3) is 0.462. The summed E-state index contributed by atoms with van der Waals surface area (Å²) < 4.78 is 0. The van der Waals surface area contributed by atoms with Crippen LogP contribution < -0.4 is 11.1 Å². The molecule has 0 aliphatic carbocycles. The largest absolute Gasteiger partial charge is 0.508 e. The molecule has 94 valence electrons. The van der Waals surface area contributed by atoms with Gasteiger partial charge >= 0.3 is 0 Å². The van der Waals surface area contributed by atoms with Crippen LogP contribution in [0.3, 0.4) is 0 Å². The van der Waals surface area contributed by atoms with Gasteiger partial charge in [-0.05, 0) is 50.1 Å². The topological polar surface area (TPSA) is 75.3 Å². The number of aromatic hydroxyl groups is 1. The normalized spacial score (nSPS) is 12.2. The molecule has 0 heterocycles. The first-order chi connectivity index (χ1) is 8.08. The summed E-state index contributed by atoms with van der Waals surface area (Å²) in [6.07, 6.45) is 1.64. The highest BCUT2D eigenvalue weighted by Gasteiger charge is 2.13. The Morgan fingerprint density at radius 3 is 2.76 bits per heavy atom.